The van der Waals surface area contributed by atoms with Crippen molar-refractivity contribution in [3.8, 4) is 5.69 Å². The topological polar surface area (TPSA) is 54.3 Å². The van der Waals surface area contributed by atoms with Crippen molar-refractivity contribution in [3.63, 3.8) is 0 Å². The number of piperazine rings is 1. The van der Waals surface area contributed by atoms with Crippen molar-refractivity contribution >= 4 is 23.0 Å². The van der Waals surface area contributed by atoms with Crippen molar-refractivity contribution in [2.24, 2.45) is 0 Å². The molecule has 24 heavy (non-hydrogen) atoms. The van der Waals surface area contributed by atoms with E-state index in [1.54, 1.807) is 10.7 Å². The molecule has 1 saturated heterocycles. The second-order valence-corrected chi connectivity index (χ2v) is 6.17. The van der Waals surface area contributed by atoms with Gasteiger partial charge in [0.15, 0.2) is 0 Å². The average molecular weight is 321 g/mol. The molecule has 2 aromatic carbocycles. The van der Waals surface area contributed by atoms with Crippen LogP contribution in [-0.4, -0.2) is 59.4 Å². The number of hydrogen-bond donors (Lipinski definition) is 0. The predicted octanol–water partition coefficient (Wildman–Crippen LogP) is 1.98. The molecule has 1 fully saturated rings. The molecule has 3 aromatic rings. The summed E-state index contributed by atoms with van der Waals surface area (Å²) in [5, 5.41) is 8.40. The van der Waals surface area contributed by atoms with Crippen LogP contribution in [-0.2, 0) is 0 Å². The predicted molar refractivity (Wildman–Crippen MR) is 94.0 cm³/mol. The van der Waals surface area contributed by atoms with E-state index < -0.39 is 0 Å². The number of anilines is 1. The first kappa shape index (κ1) is 14.8. The molecule has 6 heteroatoms. The third-order valence-electron chi connectivity index (χ3n) is 4.57. The van der Waals surface area contributed by atoms with E-state index in [4.69, 9.17) is 0 Å². The van der Waals surface area contributed by atoms with Gasteiger partial charge in [-0.05, 0) is 49.5 Å². The lowest BCUT2D eigenvalue weighted by atomic mass is 10.2. The van der Waals surface area contributed by atoms with E-state index >= 15 is 0 Å². The van der Waals surface area contributed by atoms with Crippen LogP contribution in [0.1, 0.15) is 10.4 Å². The minimum absolute atomic E-state index is 0.625. The number of rotatable bonds is 3. The highest BCUT2D eigenvalue weighted by Crippen LogP contribution is 2.21. The van der Waals surface area contributed by atoms with Gasteiger partial charge in [0, 0.05) is 37.4 Å². The van der Waals surface area contributed by atoms with Crippen molar-refractivity contribution in [3.05, 3.63) is 48.0 Å². The number of carbonyl (C=O) groups excluding carboxylic acids is 1. The van der Waals surface area contributed by atoms with Crippen molar-refractivity contribution in [2.75, 3.05) is 38.1 Å². The minimum atomic E-state index is 0.625. The van der Waals surface area contributed by atoms with Crippen LogP contribution in [0.2, 0.25) is 0 Å². The van der Waals surface area contributed by atoms with Crippen LogP contribution >= 0.6 is 0 Å². The molecular formula is C18H19N5O. The first-order valence-corrected chi connectivity index (χ1v) is 8.09. The van der Waals surface area contributed by atoms with Gasteiger partial charge < -0.3 is 9.80 Å². The largest absolute Gasteiger partial charge is 0.369 e. The molecule has 1 aliphatic heterocycles. The third kappa shape index (κ3) is 2.65. The Morgan fingerprint density at radius 3 is 2.38 bits per heavy atom. The summed E-state index contributed by atoms with van der Waals surface area (Å²) in [6.07, 6.45) is 0.841. The first-order valence-electron chi connectivity index (χ1n) is 8.09. The summed E-state index contributed by atoms with van der Waals surface area (Å²) >= 11 is 0. The van der Waals surface area contributed by atoms with Gasteiger partial charge in [0.1, 0.15) is 11.8 Å². The molecule has 0 atom stereocenters. The number of aldehydes is 1. The summed E-state index contributed by atoms with van der Waals surface area (Å²) in [6.45, 7) is 4.27. The Bertz CT molecular complexity index is 863. The van der Waals surface area contributed by atoms with E-state index in [0.717, 1.165) is 49.2 Å². The van der Waals surface area contributed by atoms with E-state index in [1.165, 1.54) is 5.69 Å². The fourth-order valence-electron chi connectivity index (χ4n) is 3.07. The molecule has 0 aliphatic carbocycles. The summed E-state index contributed by atoms with van der Waals surface area (Å²) in [7, 11) is 2.16. The molecule has 0 N–H and O–H groups in total. The second kappa shape index (κ2) is 6.05. The molecule has 0 bridgehead atoms. The van der Waals surface area contributed by atoms with Crippen molar-refractivity contribution in [2.45, 2.75) is 0 Å². The van der Waals surface area contributed by atoms with E-state index in [0.29, 0.717) is 5.56 Å². The summed E-state index contributed by atoms with van der Waals surface area (Å²) in [4.78, 5) is 15.7. The fourth-order valence-corrected chi connectivity index (χ4v) is 3.07. The highest BCUT2D eigenvalue weighted by molar-refractivity contribution is 5.85. The lowest BCUT2D eigenvalue weighted by molar-refractivity contribution is 0.112. The van der Waals surface area contributed by atoms with Gasteiger partial charge >= 0.3 is 0 Å². The maximum Gasteiger partial charge on any atom is 0.150 e. The highest BCUT2D eigenvalue weighted by Gasteiger charge is 2.14. The summed E-state index contributed by atoms with van der Waals surface area (Å²) in [5.74, 6) is 0. The van der Waals surface area contributed by atoms with Crippen molar-refractivity contribution < 1.29 is 4.79 Å². The zero-order valence-electron chi connectivity index (χ0n) is 13.6. The van der Waals surface area contributed by atoms with Crippen LogP contribution in [0.4, 0.5) is 5.69 Å². The van der Waals surface area contributed by atoms with Crippen LogP contribution in [0.25, 0.3) is 16.7 Å². The van der Waals surface area contributed by atoms with E-state index in [9.17, 15) is 4.79 Å². The van der Waals surface area contributed by atoms with Gasteiger partial charge in [0.25, 0.3) is 0 Å². The molecule has 0 spiro atoms. The number of likely N-dealkylation sites (N-methyl/N-ethyl adjacent to an activating group) is 1. The zero-order chi connectivity index (χ0) is 16.5. The maximum absolute atomic E-state index is 11.0. The molecule has 1 aromatic heterocycles. The number of hydrogen-bond acceptors (Lipinski definition) is 5. The summed E-state index contributed by atoms with van der Waals surface area (Å²) in [6, 6.07) is 13.7. The van der Waals surface area contributed by atoms with Gasteiger partial charge in [-0.3, -0.25) is 4.79 Å². The lowest BCUT2D eigenvalue weighted by Crippen LogP contribution is -2.44. The normalized spacial score (nSPS) is 15.8. The summed E-state index contributed by atoms with van der Waals surface area (Å²) in [5.41, 5.74) is 4.42. The zero-order valence-corrected chi connectivity index (χ0v) is 13.6. The SMILES string of the molecule is CN1CCN(c2ccc(-n3nnc4ccc(C=O)cc43)cc2)CC1. The Balaban J connectivity index is 1.64. The van der Waals surface area contributed by atoms with Gasteiger partial charge in [-0.1, -0.05) is 5.21 Å². The molecular weight excluding hydrogens is 302 g/mol. The monoisotopic (exact) mass is 321 g/mol. The smallest absolute Gasteiger partial charge is 0.150 e. The van der Waals surface area contributed by atoms with Gasteiger partial charge in [-0.25, -0.2) is 4.68 Å². The molecule has 0 radical (unpaired) electrons. The average Bonchev–Trinajstić information content (AvgIpc) is 3.05. The Morgan fingerprint density at radius 1 is 0.958 bits per heavy atom. The quantitative estimate of drug-likeness (QED) is 0.691. The fraction of sp³-hybridized carbons (Fsp3) is 0.278. The number of carbonyl (C=O) groups is 1. The Labute approximate surface area is 140 Å². The standard InChI is InChI=1S/C18H19N5O/c1-21-8-10-22(11-9-21)15-3-5-16(6-4-15)23-18-12-14(13-24)2-7-17(18)19-20-23/h2-7,12-13H,8-11H2,1H3. The molecule has 6 nitrogen and oxygen atoms in total. The lowest BCUT2D eigenvalue weighted by Gasteiger charge is -2.34. The molecule has 1 aliphatic rings. The van der Waals surface area contributed by atoms with Gasteiger partial charge in [-0.15, -0.1) is 5.10 Å². The van der Waals surface area contributed by atoms with Crippen LogP contribution in [0.15, 0.2) is 42.5 Å². The summed E-state index contributed by atoms with van der Waals surface area (Å²) < 4.78 is 1.77. The van der Waals surface area contributed by atoms with Crippen LogP contribution in [0, 0.1) is 0 Å². The van der Waals surface area contributed by atoms with Crippen LogP contribution < -0.4 is 4.90 Å². The molecule has 0 amide bonds. The van der Waals surface area contributed by atoms with E-state index in [2.05, 4.69) is 51.4 Å². The first-order chi connectivity index (χ1) is 11.7. The minimum Gasteiger partial charge on any atom is -0.369 e. The highest BCUT2D eigenvalue weighted by atomic mass is 16.1. The number of nitrogens with zero attached hydrogens (tertiary/aromatic N) is 5. The van der Waals surface area contributed by atoms with E-state index in [1.807, 2.05) is 12.1 Å². The molecule has 2 heterocycles. The van der Waals surface area contributed by atoms with Crippen LogP contribution in [0.5, 0.6) is 0 Å². The second-order valence-electron chi connectivity index (χ2n) is 6.17. The Kier molecular flexibility index (Phi) is 3.74. The van der Waals surface area contributed by atoms with Crippen molar-refractivity contribution in [1.29, 1.82) is 0 Å². The Morgan fingerprint density at radius 2 is 1.67 bits per heavy atom. The van der Waals surface area contributed by atoms with Gasteiger partial charge in [-0.2, -0.15) is 0 Å². The van der Waals surface area contributed by atoms with Gasteiger partial charge in [0.05, 0.1) is 11.2 Å². The molecule has 4 rings (SSSR count). The number of benzene rings is 2. The maximum atomic E-state index is 11.0. The number of aromatic nitrogens is 3. The molecule has 0 unspecified atom stereocenters. The van der Waals surface area contributed by atoms with Crippen LogP contribution in [0.3, 0.4) is 0 Å². The Hall–Kier alpha value is -2.73. The van der Waals surface area contributed by atoms with Crippen molar-refractivity contribution in [1.82, 2.24) is 19.9 Å². The molecule has 0 saturated carbocycles. The molecule has 122 valence electrons. The third-order valence-corrected chi connectivity index (χ3v) is 4.57. The number of fused-ring (bicyclic) bond motifs is 1. The van der Waals surface area contributed by atoms with Gasteiger partial charge in [0.2, 0.25) is 0 Å². The van der Waals surface area contributed by atoms with E-state index in [-0.39, 0.29) is 0 Å².